The van der Waals surface area contributed by atoms with Crippen molar-refractivity contribution in [3.05, 3.63) is 52.5 Å². The van der Waals surface area contributed by atoms with Crippen LogP contribution in [0.15, 0.2) is 41.9 Å². The maximum atomic E-state index is 4.45. The largest absolute Gasteiger partial charge is 0.304 e. The lowest BCUT2D eigenvalue weighted by Crippen LogP contribution is -2.22. The summed E-state index contributed by atoms with van der Waals surface area (Å²) in [5.74, 6) is 0.796. The normalized spacial score (nSPS) is 16.9. The van der Waals surface area contributed by atoms with Crippen LogP contribution in [0.4, 0.5) is 0 Å². The molecule has 0 saturated heterocycles. The van der Waals surface area contributed by atoms with Gasteiger partial charge >= 0.3 is 0 Å². The summed E-state index contributed by atoms with van der Waals surface area (Å²) in [6.45, 7) is 0.932. The van der Waals surface area contributed by atoms with Crippen molar-refractivity contribution in [1.82, 2.24) is 10.3 Å². The molecule has 1 aliphatic rings. The first-order chi connectivity index (χ1) is 8.43. The number of hydrogen-bond acceptors (Lipinski definition) is 3. The molecule has 1 aliphatic carbocycles. The zero-order chi connectivity index (χ0) is 11.5. The van der Waals surface area contributed by atoms with E-state index < -0.39 is 0 Å². The van der Waals surface area contributed by atoms with Gasteiger partial charge in [0.25, 0.3) is 0 Å². The van der Waals surface area contributed by atoms with Gasteiger partial charge in [-0.2, -0.15) is 0 Å². The number of hydrogen-bond donors (Lipinski definition) is 1. The molecule has 0 bridgehead atoms. The second-order valence-corrected chi connectivity index (χ2v) is 5.48. The minimum atomic E-state index is 0.454. The summed E-state index contributed by atoms with van der Waals surface area (Å²) in [5.41, 5.74) is 1.34. The molecule has 88 valence electrons. The Morgan fingerprint density at radius 3 is 2.76 bits per heavy atom. The summed E-state index contributed by atoms with van der Waals surface area (Å²) in [7, 11) is 0. The van der Waals surface area contributed by atoms with E-state index in [9.17, 15) is 0 Å². The van der Waals surface area contributed by atoms with Gasteiger partial charge < -0.3 is 5.32 Å². The fraction of sp³-hybridized carbons (Fsp3) is 0.357. The van der Waals surface area contributed by atoms with Crippen molar-refractivity contribution in [2.75, 3.05) is 0 Å². The van der Waals surface area contributed by atoms with Gasteiger partial charge in [0.2, 0.25) is 0 Å². The average molecular weight is 244 g/mol. The van der Waals surface area contributed by atoms with Gasteiger partial charge in [-0.05, 0) is 24.3 Å². The highest BCUT2D eigenvalue weighted by Gasteiger charge is 2.33. The molecule has 2 aromatic rings. The van der Waals surface area contributed by atoms with Crippen molar-refractivity contribution in [2.45, 2.75) is 25.4 Å². The summed E-state index contributed by atoms with van der Waals surface area (Å²) in [6.07, 6.45) is 4.58. The Balaban J connectivity index is 1.66. The number of aromatic nitrogens is 1. The SMILES string of the molecule is c1ccc(CNC(c2nccs2)C2CC2)cc1. The summed E-state index contributed by atoms with van der Waals surface area (Å²) >= 11 is 1.76. The molecule has 1 unspecified atom stereocenters. The van der Waals surface area contributed by atoms with Gasteiger partial charge in [0.05, 0.1) is 6.04 Å². The van der Waals surface area contributed by atoms with Gasteiger partial charge in [0.15, 0.2) is 0 Å². The van der Waals surface area contributed by atoms with Crippen molar-refractivity contribution in [3.63, 3.8) is 0 Å². The second-order valence-electron chi connectivity index (χ2n) is 4.55. The molecule has 1 heterocycles. The van der Waals surface area contributed by atoms with Crippen LogP contribution >= 0.6 is 11.3 Å². The number of nitrogens with zero attached hydrogens (tertiary/aromatic N) is 1. The number of benzene rings is 1. The van der Waals surface area contributed by atoms with Crippen molar-refractivity contribution in [1.29, 1.82) is 0 Å². The van der Waals surface area contributed by atoms with Crippen LogP contribution in [0.3, 0.4) is 0 Å². The lowest BCUT2D eigenvalue weighted by Gasteiger charge is -2.15. The maximum Gasteiger partial charge on any atom is 0.110 e. The predicted octanol–water partition coefficient (Wildman–Crippen LogP) is 3.38. The van der Waals surface area contributed by atoms with Crippen LogP contribution < -0.4 is 5.32 Å². The highest BCUT2D eigenvalue weighted by Crippen LogP contribution is 2.41. The Kier molecular flexibility index (Phi) is 3.20. The van der Waals surface area contributed by atoms with Crippen LogP contribution in [0.5, 0.6) is 0 Å². The number of thiazole rings is 1. The second kappa shape index (κ2) is 4.98. The lowest BCUT2D eigenvalue weighted by molar-refractivity contribution is 0.478. The smallest absolute Gasteiger partial charge is 0.110 e. The van der Waals surface area contributed by atoms with Gasteiger partial charge in [0, 0.05) is 18.1 Å². The van der Waals surface area contributed by atoms with Crippen LogP contribution in [0.1, 0.15) is 29.5 Å². The summed E-state index contributed by atoms with van der Waals surface area (Å²) in [6, 6.07) is 11.0. The number of nitrogens with one attached hydrogen (secondary N) is 1. The van der Waals surface area contributed by atoms with E-state index in [0.717, 1.165) is 12.5 Å². The van der Waals surface area contributed by atoms with Gasteiger partial charge in [-0.1, -0.05) is 30.3 Å². The van der Waals surface area contributed by atoms with E-state index >= 15 is 0 Å². The molecule has 17 heavy (non-hydrogen) atoms. The van der Waals surface area contributed by atoms with Gasteiger partial charge in [-0.15, -0.1) is 11.3 Å². The highest BCUT2D eigenvalue weighted by atomic mass is 32.1. The first kappa shape index (κ1) is 10.9. The fourth-order valence-electron chi connectivity index (χ4n) is 2.10. The van der Waals surface area contributed by atoms with E-state index in [0.29, 0.717) is 6.04 Å². The predicted molar refractivity (Wildman–Crippen MR) is 70.9 cm³/mol. The van der Waals surface area contributed by atoms with Crippen LogP contribution in [0.2, 0.25) is 0 Å². The average Bonchev–Trinajstić information content (AvgIpc) is 3.06. The fourth-order valence-corrected chi connectivity index (χ4v) is 2.90. The number of rotatable bonds is 5. The van der Waals surface area contributed by atoms with E-state index in [1.165, 1.54) is 23.4 Å². The minimum absolute atomic E-state index is 0.454. The molecule has 0 aliphatic heterocycles. The van der Waals surface area contributed by atoms with Gasteiger partial charge in [0.1, 0.15) is 5.01 Å². The van der Waals surface area contributed by atoms with E-state index in [4.69, 9.17) is 0 Å². The Morgan fingerprint density at radius 2 is 2.12 bits per heavy atom. The van der Waals surface area contributed by atoms with E-state index in [1.807, 2.05) is 6.20 Å². The van der Waals surface area contributed by atoms with Gasteiger partial charge in [-0.3, -0.25) is 0 Å². The molecule has 1 saturated carbocycles. The molecule has 1 fully saturated rings. The Labute approximate surface area is 106 Å². The third-order valence-corrected chi connectivity index (χ3v) is 4.04. The summed E-state index contributed by atoms with van der Waals surface area (Å²) in [4.78, 5) is 4.45. The molecule has 1 aromatic carbocycles. The molecule has 3 heteroatoms. The Bertz CT molecular complexity index is 448. The maximum absolute atomic E-state index is 4.45. The first-order valence-electron chi connectivity index (χ1n) is 6.10. The van der Waals surface area contributed by atoms with Gasteiger partial charge in [-0.25, -0.2) is 4.98 Å². The molecular weight excluding hydrogens is 228 g/mol. The monoisotopic (exact) mass is 244 g/mol. The zero-order valence-electron chi connectivity index (χ0n) is 9.67. The van der Waals surface area contributed by atoms with Crippen LogP contribution in [0.25, 0.3) is 0 Å². The Morgan fingerprint density at radius 1 is 1.29 bits per heavy atom. The third kappa shape index (κ3) is 2.73. The highest BCUT2D eigenvalue weighted by molar-refractivity contribution is 7.09. The van der Waals surface area contributed by atoms with Crippen molar-refractivity contribution < 1.29 is 0 Å². The van der Waals surface area contributed by atoms with E-state index in [2.05, 4.69) is 46.0 Å². The quantitative estimate of drug-likeness (QED) is 0.872. The molecule has 0 spiro atoms. The molecular formula is C14H16N2S. The van der Waals surface area contributed by atoms with Crippen molar-refractivity contribution in [2.24, 2.45) is 5.92 Å². The summed E-state index contributed by atoms with van der Waals surface area (Å²) < 4.78 is 0. The van der Waals surface area contributed by atoms with E-state index in [-0.39, 0.29) is 0 Å². The molecule has 1 atom stereocenters. The molecule has 1 N–H and O–H groups in total. The van der Waals surface area contributed by atoms with E-state index in [1.54, 1.807) is 11.3 Å². The topological polar surface area (TPSA) is 24.9 Å². The van der Waals surface area contributed by atoms with Crippen LogP contribution in [-0.4, -0.2) is 4.98 Å². The standard InChI is InChI=1S/C14H16N2S/c1-2-4-11(5-3-1)10-16-13(12-6-7-12)14-15-8-9-17-14/h1-5,8-9,12-13,16H,6-7,10H2. The lowest BCUT2D eigenvalue weighted by atomic mass is 10.1. The zero-order valence-corrected chi connectivity index (χ0v) is 10.5. The molecule has 3 rings (SSSR count). The molecule has 0 amide bonds. The molecule has 1 aromatic heterocycles. The van der Waals surface area contributed by atoms with Crippen molar-refractivity contribution >= 4 is 11.3 Å². The first-order valence-corrected chi connectivity index (χ1v) is 6.98. The third-order valence-electron chi connectivity index (χ3n) is 3.18. The molecule has 2 nitrogen and oxygen atoms in total. The molecule has 0 radical (unpaired) electrons. The van der Waals surface area contributed by atoms with Crippen LogP contribution in [0, 0.1) is 5.92 Å². The Hall–Kier alpha value is -1.19. The summed E-state index contributed by atoms with van der Waals surface area (Å²) in [5, 5.41) is 6.95. The van der Waals surface area contributed by atoms with Crippen LogP contribution in [-0.2, 0) is 6.54 Å². The minimum Gasteiger partial charge on any atom is -0.304 e. The van der Waals surface area contributed by atoms with Crippen molar-refractivity contribution in [3.8, 4) is 0 Å².